The summed E-state index contributed by atoms with van der Waals surface area (Å²) in [5, 5.41) is 8.30. The first-order valence-electron chi connectivity index (χ1n) is 8.62. The van der Waals surface area contributed by atoms with Crippen molar-refractivity contribution in [2.45, 2.75) is 19.0 Å². The van der Waals surface area contributed by atoms with Gasteiger partial charge >= 0.3 is 0 Å². The Morgan fingerprint density at radius 2 is 2.04 bits per heavy atom. The van der Waals surface area contributed by atoms with Crippen LogP contribution < -0.4 is 10.2 Å². The average Bonchev–Trinajstić information content (AvgIpc) is 3.28. The number of nitrogens with zero attached hydrogens (tertiary/aromatic N) is 5. The first-order valence-corrected chi connectivity index (χ1v) is 8.62. The first-order chi connectivity index (χ1) is 12.3. The van der Waals surface area contributed by atoms with Gasteiger partial charge in [0, 0.05) is 68.6 Å². The lowest BCUT2D eigenvalue weighted by atomic mass is 10.1. The van der Waals surface area contributed by atoms with Crippen LogP contribution in [0.25, 0.3) is 11.3 Å². The molecule has 3 aromatic heterocycles. The number of anilines is 1. The van der Waals surface area contributed by atoms with Gasteiger partial charge in [0.05, 0.1) is 5.69 Å². The van der Waals surface area contributed by atoms with E-state index < -0.39 is 0 Å². The van der Waals surface area contributed by atoms with Gasteiger partial charge in [0.25, 0.3) is 0 Å². The summed E-state index contributed by atoms with van der Waals surface area (Å²) in [5.74, 6) is 1.06. The molecule has 4 heterocycles. The van der Waals surface area contributed by atoms with E-state index in [0.29, 0.717) is 6.04 Å². The van der Waals surface area contributed by atoms with Crippen LogP contribution in [0.4, 0.5) is 5.82 Å². The van der Waals surface area contributed by atoms with Gasteiger partial charge in [0.1, 0.15) is 5.82 Å². The molecule has 128 valence electrons. The predicted octanol–water partition coefficient (Wildman–Crippen LogP) is 2.25. The Balaban J connectivity index is 1.41. The lowest BCUT2D eigenvalue weighted by Gasteiger charge is -2.17. The van der Waals surface area contributed by atoms with Crippen molar-refractivity contribution < 1.29 is 0 Å². The van der Waals surface area contributed by atoms with E-state index in [1.807, 2.05) is 54.6 Å². The van der Waals surface area contributed by atoms with Crippen molar-refractivity contribution in [3.63, 3.8) is 0 Å². The molecule has 0 amide bonds. The highest BCUT2D eigenvalue weighted by molar-refractivity contribution is 5.61. The van der Waals surface area contributed by atoms with E-state index in [4.69, 9.17) is 0 Å². The minimum Gasteiger partial charge on any atom is -0.355 e. The molecule has 0 saturated carbocycles. The van der Waals surface area contributed by atoms with E-state index in [1.54, 1.807) is 0 Å². The molecular weight excluding hydrogens is 312 g/mol. The number of hydrogen-bond acceptors (Lipinski definition) is 5. The molecule has 0 spiro atoms. The van der Waals surface area contributed by atoms with E-state index in [9.17, 15) is 0 Å². The predicted molar refractivity (Wildman–Crippen MR) is 98.1 cm³/mol. The number of aromatic nitrogens is 4. The number of rotatable bonds is 5. The summed E-state index contributed by atoms with van der Waals surface area (Å²) in [6.45, 7) is 2.84. The van der Waals surface area contributed by atoms with Crippen LogP contribution in [0, 0.1) is 0 Å². The molecule has 0 unspecified atom stereocenters. The molecule has 0 bridgehead atoms. The second-order valence-electron chi connectivity index (χ2n) is 6.41. The van der Waals surface area contributed by atoms with Crippen LogP contribution in [0.15, 0.2) is 55.1 Å². The lowest BCUT2D eigenvalue weighted by molar-refractivity contribution is 0.551. The highest BCUT2D eigenvalue weighted by atomic mass is 15.3. The second-order valence-corrected chi connectivity index (χ2v) is 6.41. The number of pyridine rings is 2. The maximum atomic E-state index is 4.62. The van der Waals surface area contributed by atoms with Crippen LogP contribution in [0.1, 0.15) is 12.0 Å². The Morgan fingerprint density at radius 1 is 1.16 bits per heavy atom. The van der Waals surface area contributed by atoms with Crippen molar-refractivity contribution >= 4 is 5.82 Å². The van der Waals surface area contributed by atoms with E-state index in [1.165, 1.54) is 5.56 Å². The van der Waals surface area contributed by atoms with Crippen molar-refractivity contribution in [3.8, 4) is 11.3 Å². The maximum absolute atomic E-state index is 4.62. The van der Waals surface area contributed by atoms with Crippen molar-refractivity contribution in [3.05, 3.63) is 60.7 Å². The molecule has 1 N–H and O–H groups in total. The van der Waals surface area contributed by atoms with E-state index in [2.05, 4.69) is 37.5 Å². The van der Waals surface area contributed by atoms with E-state index >= 15 is 0 Å². The monoisotopic (exact) mass is 334 g/mol. The Hall–Kier alpha value is -2.73. The van der Waals surface area contributed by atoms with Crippen molar-refractivity contribution in [1.29, 1.82) is 0 Å². The zero-order valence-corrected chi connectivity index (χ0v) is 14.3. The molecule has 1 atom stereocenters. The largest absolute Gasteiger partial charge is 0.355 e. The Kier molecular flexibility index (Phi) is 4.43. The molecule has 0 aromatic carbocycles. The summed E-state index contributed by atoms with van der Waals surface area (Å²) < 4.78 is 1.88. The number of aryl methyl sites for hydroxylation is 1. The Morgan fingerprint density at radius 3 is 2.84 bits per heavy atom. The summed E-state index contributed by atoms with van der Waals surface area (Å²) >= 11 is 0. The normalized spacial score (nSPS) is 17.2. The van der Waals surface area contributed by atoms with Gasteiger partial charge in [-0.2, -0.15) is 5.10 Å². The fourth-order valence-corrected chi connectivity index (χ4v) is 3.35. The molecule has 25 heavy (non-hydrogen) atoms. The highest BCUT2D eigenvalue weighted by Gasteiger charge is 2.23. The van der Waals surface area contributed by atoms with Crippen molar-refractivity contribution in [2.24, 2.45) is 7.05 Å². The fourth-order valence-electron chi connectivity index (χ4n) is 3.35. The molecule has 3 aromatic rings. The van der Waals surface area contributed by atoms with Gasteiger partial charge in [-0.25, -0.2) is 4.98 Å². The molecule has 1 saturated heterocycles. The smallest absolute Gasteiger partial charge is 0.128 e. The summed E-state index contributed by atoms with van der Waals surface area (Å²) in [5.41, 5.74) is 3.34. The zero-order chi connectivity index (χ0) is 17.1. The molecule has 0 aliphatic carbocycles. The highest BCUT2D eigenvalue weighted by Crippen LogP contribution is 2.22. The fraction of sp³-hybridized carbons (Fsp3) is 0.316. The van der Waals surface area contributed by atoms with Gasteiger partial charge in [0.15, 0.2) is 0 Å². The Labute approximate surface area is 147 Å². The van der Waals surface area contributed by atoms with Crippen LogP contribution in [-0.4, -0.2) is 38.9 Å². The lowest BCUT2D eigenvalue weighted by Crippen LogP contribution is -2.32. The van der Waals surface area contributed by atoms with Gasteiger partial charge in [-0.3, -0.25) is 9.67 Å². The summed E-state index contributed by atoms with van der Waals surface area (Å²) in [6.07, 6.45) is 8.69. The van der Waals surface area contributed by atoms with Gasteiger partial charge in [0.2, 0.25) is 0 Å². The van der Waals surface area contributed by atoms with Crippen molar-refractivity contribution in [2.75, 3.05) is 18.0 Å². The zero-order valence-electron chi connectivity index (χ0n) is 14.3. The van der Waals surface area contributed by atoms with Gasteiger partial charge in [-0.05, 0) is 30.7 Å². The molecule has 0 radical (unpaired) electrons. The Bertz CT molecular complexity index is 814. The number of nitrogens with one attached hydrogen (secondary N) is 1. The molecule has 6 heteroatoms. The third-order valence-electron chi connectivity index (χ3n) is 4.60. The summed E-state index contributed by atoms with van der Waals surface area (Å²) in [7, 11) is 1.96. The maximum Gasteiger partial charge on any atom is 0.128 e. The standard InChI is InChI=1S/C19H22N6/c1-24-13-16(19(23-24)15-5-9-20-10-6-15)12-22-17-7-11-25(14-17)18-4-2-3-8-21-18/h2-6,8-10,13,17,22H,7,11-12,14H2,1H3/t17-/m1/s1. The SMILES string of the molecule is Cn1cc(CN[C@@H]2CCN(c3ccccn3)C2)c(-c2ccncc2)n1. The molecule has 6 nitrogen and oxygen atoms in total. The third kappa shape index (κ3) is 3.53. The minimum absolute atomic E-state index is 0.465. The van der Waals surface area contributed by atoms with Crippen LogP contribution in [0.5, 0.6) is 0 Å². The van der Waals surface area contributed by atoms with Crippen LogP contribution in [0.2, 0.25) is 0 Å². The topological polar surface area (TPSA) is 58.9 Å². The molecule has 4 rings (SSSR count). The van der Waals surface area contributed by atoms with E-state index in [0.717, 1.165) is 43.1 Å². The summed E-state index contributed by atoms with van der Waals surface area (Å²) in [6, 6.07) is 10.5. The van der Waals surface area contributed by atoms with Gasteiger partial charge in [-0.15, -0.1) is 0 Å². The van der Waals surface area contributed by atoms with Crippen LogP contribution in [0.3, 0.4) is 0 Å². The molecule has 1 fully saturated rings. The van der Waals surface area contributed by atoms with E-state index in [-0.39, 0.29) is 0 Å². The average molecular weight is 334 g/mol. The molecule has 1 aliphatic heterocycles. The third-order valence-corrected chi connectivity index (χ3v) is 4.60. The molecule has 1 aliphatic rings. The minimum atomic E-state index is 0.465. The molecular formula is C19H22N6. The van der Waals surface area contributed by atoms with Crippen LogP contribution in [-0.2, 0) is 13.6 Å². The number of hydrogen-bond donors (Lipinski definition) is 1. The van der Waals surface area contributed by atoms with Crippen LogP contribution >= 0.6 is 0 Å². The van der Waals surface area contributed by atoms with Gasteiger partial charge < -0.3 is 10.2 Å². The van der Waals surface area contributed by atoms with Gasteiger partial charge in [-0.1, -0.05) is 6.07 Å². The first kappa shape index (κ1) is 15.8. The van der Waals surface area contributed by atoms with Crippen molar-refractivity contribution in [1.82, 2.24) is 25.1 Å². The summed E-state index contributed by atoms with van der Waals surface area (Å²) in [4.78, 5) is 10.9. The quantitative estimate of drug-likeness (QED) is 0.775. The second kappa shape index (κ2) is 7.03.